The minimum Gasteiger partial charge on any atom is -0.507 e. The van der Waals surface area contributed by atoms with E-state index in [-0.39, 0.29) is 17.1 Å². The number of H-pyrrole nitrogens is 1. The zero-order chi connectivity index (χ0) is 18.1. The van der Waals surface area contributed by atoms with Gasteiger partial charge in [0.05, 0.1) is 5.56 Å². The van der Waals surface area contributed by atoms with Crippen molar-refractivity contribution in [1.82, 2.24) is 20.6 Å². The standard InChI is InChI=1S/C18H12FN5O2/c19-14-6-12-8-17(18-21-23-24-22-18)26-16(12)7-11(14)3-1-10-2-4-15(25)13(5-10)9-20/h2,4-8,25H,1,3H2,(H,21,22,23,24). The molecule has 0 amide bonds. The molecule has 0 spiro atoms. The maximum Gasteiger partial charge on any atom is 0.239 e. The predicted molar refractivity (Wildman–Crippen MR) is 89.6 cm³/mol. The molecule has 4 rings (SSSR count). The molecule has 2 heterocycles. The number of nitrogens with one attached hydrogen (secondary N) is 1. The van der Waals surface area contributed by atoms with Crippen molar-refractivity contribution in [2.45, 2.75) is 12.8 Å². The van der Waals surface area contributed by atoms with E-state index in [1.807, 2.05) is 6.07 Å². The second-order valence-electron chi connectivity index (χ2n) is 5.79. The van der Waals surface area contributed by atoms with Gasteiger partial charge < -0.3 is 9.52 Å². The number of tetrazole rings is 1. The fraction of sp³-hybridized carbons (Fsp3) is 0.111. The van der Waals surface area contributed by atoms with Crippen LogP contribution in [0.5, 0.6) is 5.75 Å². The van der Waals surface area contributed by atoms with Gasteiger partial charge in [-0.25, -0.2) is 4.39 Å². The first-order valence-electron chi connectivity index (χ1n) is 7.82. The minimum absolute atomic E-state index is 0.0616. The number of phenolic OH excluding ortho intramolecular Hbond substituents is 1. The Kier molecular flexibility index (Phi) is 3.82. The molecular weight excluding hydrogens is 337 g/mol. The molecular formula is C18H12FN5O2. The Hall–Kier alpha value is -3.73. The average Bonchev–Trinajstić information content (AvgIpc) is 3.30. The SMILES string of the molecule is N#Cc1cc(CCc2cc3oc(-c4nn[nH]n4)cc3cc2F)ccc1O. The van der Waals surface area contributed by atoms with E-state index in [0.717, 1.165) is 5.56 Å². The molecule has 0 atom stereocenters. The van der Waals surface area contributed by atoms with E-state index in [1.165, 1.54) is 12.1 Å². The number of aromatic nitrogens is 4. The normalized spacial score (nSPS) is 10.9. The Bertz CT molecular complexity index is 1130. The van der Waals surface area contributed by atoms with E-state index in [0.29, 0.717) is 41.0 Å². The second kappa shape index (κ2) is 6.29. The van der Waals surface area contributed by atoms with Gasteiger partial charge in [-0.2, -0.15) is 10.5 Å². The molecule has 128 valence electrons. The summed E-state index contributed by atoms with van der Waals surface area (Å²) < 4.78 is 20.1. The first-order chi connectivity index (χ1) is 12.6. The zero-order valence-corrected chi connectivity index (χ0v) is 13.4. The number of aromatic amines is 1. The summed E-state index contributed by atoms with van der Waals surface area (Å²) in [4.78, 5) is 0. The summed E-state index contributed by atoms with van der Waals surface area (Å²) in [5.41, 5.74) is 2.07. The van der Waals surface area contributed by atoms with Crippen LogP contribution in [0.4, 0.5) is 4.39 Å². The summed E-state index contributed by atoms with van der Waals surface area (Å²) in [5, 5.41) is 32.6. The summed E-state index contributed by atoms with van der Waals surface area (Å²) in [6, 6.07) is 11.4. The van der Waals surface area contributed by atoms with Crippen LogP contribution in [0.25, 0.3) is 22.6 Å². The molecule has 7 nitrogen and oxygen atoms in total. The molecule has 2 N–H and O–H groups in total. The van der Waals surface area contributed by atoms with Crippen molar-refractivity contribution in [3.8, 4) is 23.4 Å². The largest absolute Gasteiger partial charge is 0.507 e. The highest BCUT2D eigenvalue weighted by Crippen LogP contribution is 2.28. The molecule has 0 bridgehead atoms. The number of aromatic hydroxyl groups is 1. The Morgan fingerprint density at radius 2 is 2.08 bits per heavy atom. The van der Waals surface area contributed by atoms with E-state index in [9.17, 15) is 9.50 Å². The van der Waals surface area contributed by atoms with Crippen LogP contribution in [0.2, 0.25) is 0 Å². The van der Waals surface area contributed by atoms with Crippen LogP contribution >= 0.6 is 0 Å². The molecule has 4 aromatic rings. The van der Waals surface area contributed by atoms with Gasteiger partial charge in [0.2, 0.25) is 5.82 Å². The molecule has 0 aliphatic carbocycles. The van der Waals surface area contributed by atoms with Gasteiger partial charge in [0.1, 0.15) is 23.2 Å². The third kappa shape index (κ3) is 2.86. The lowest BCUT2D eigenvalue weighted by Gasteiger charge is -2.05. The highest BCUT2D eigenvalue weighted by Gasteiger charge is 2.13. The number of nitrogens with zero attached hydrogens (tertiary/aromatic N) is 4. The van der Waals surface area contributed by atoms with E-state index >= 15 is 0 Å². The van der Waals surface area contributed by atoms with Crippen LogP contribution in [0.3, 0.4) is 0 Å². The quantitative estimate of drug-likeness (QED) is 0.585. The maximum atomic E-state index is 14.4. The van der Waals surface area contributed by atoms with E-state index in [4.69, 9.17) is 9.68 Å². The van der Waals surface area contributed by atoms with Gasteiger partial charge in [-0.05, 0) is 59.5 Å². The predicted octanol–water partition coefficient (Wildman–Crippen LogP) is 3.11. The molecule has 8 heteroatoms. The fourth-order valence-corrected chi connectivity index (χ4v) is 2.78. The monoisotopic (exact) mass is 349 g/mol. The molecule has 2 aromatic heterocycles. The molecule has 0 aliphatic heterocycles. The molecule has 0 saturated heterocycles. The Morgan fingerprint density at radius 1 is 1.19 bits per heavy atom. The molecule has 0 fully saturated rings. The Labute approximate surface area is 146 Å². The van der Waals surface area contributed by atoms with Gasteiger partial charge in [-0.1, -0.05) is 6.07 Å². The number of halogens is 1. The lowest BCUT2D eigenvalue weighted by molar-refractivity contribution is 0.473. The van der Waals surface area contributed by atoms with Crippen LogP contribution in [-0.4, -0.2) is 25.7 Å². The van der Waals surface area contributed by atoms with Crippen LogP contribution in [-0.2, 0) is 12.8 Å². The van der Waals surface area contributed by atoms with Gasteiger partial charge in [0, 0.05) is 5.39 Å². The Balaban J connectivity index is 1.60. The van der Waals surface area contributed by atoms with Crippen molar-refractivity contribution in [2.75, 3.05) is 0 Å². The highest BCUT2D eigenvalue weighted by atomic mass is 19.1. The van der Waals surface area contributed by atoms with E-state index < -0.39 is 0 Å². The number of aryl methyl sites for hydroxylation is 2. The number of rotatable bonds is 4. The Morgan fingerprint density at radius 3 is 2.85 bits per heavy atom. The van der Waals surface area contributed by atoms with E-state index in [1.54, 1.807) is 24.3 Å². The average molecular weight is 349 g/mol. The number of phenols is 1. The van der Waals surface area contributed by atoms with Crippen molar-refractivity contribution in [2.24, 2.45) is 0 Å². The third-order valence-electron chi connectivity index (χ3n) is 4.12. The van der Waals surface area contributed by atoms with Gasteiger partial charge in [-0.3, -0.25) is 0 Å². The summed E-state index contributed by atoms with van der Waals surface area (Å²) >= 11 is 0. The van der Waals surface area contributed by atoms with Gasteiger partial charge in [-0.15, -0.1) is 10.2 Å². The minimum atomic E-state index is -0.336. The first kappa shape index (κ1) is 15.8. The zero-order valence-electron chi connectivity index (χ0n) is 13.4. The first-order valence-corrected chi connectivity index (χ1v) is 7.82. The fourth-order valence-electron chi connectivity index (χ4n) is 2.78. The van der Waals surface area contributed by atoms with Gasteiger partial charge in [0.15, 0.2) is 5.76 Å². The van der Waals surface area contributed by atoms with Crippen LogP contribution in [0.1, 0.15) is 16.7 Å². The molecule has 2 aromatic carbocycles. The summed E-state index contributed by atoms with van der Waals surface area (Å²) in [6.07, 6.45) is 0.950. The molecule has 0 radical (unpaired) electrons. The summed E-state index contributed by atoms with van der Waals surface area (Å²) in [5.74, 6) is 0.310. The van der Waals surface area contributed by atoms with Crippen molar-refractivity contribution in [3.05, 3.63) is 58.9 Å². The van der Waals surface area contributed by atoms with Crippen LogP contribution < -0.4 is 0 Å². The lowest BCUT2D eigenvalue weighted by atomic mass is 10.0. The van der Waals surface area contributed by atoms with Crippen molar-refractivity contribution >= 4 is 11.0 Å². The van der Waals surface area contributed by atoms with Gasteiger partial charge >= 0.3 is 0 Å². The molecule has 0 saturated carbocycles. The van der Waals surface area contributed by atoms with Gasteiger partial charge in [0.25, 0.3) is 0 Å². The van der Waals surface area contributed by atoms with E-state index in [2.05, 4.69) is 20.6 Å². The summed E-state index contributed by atoms with van der Waals surface area (Å²) in [6.45, 7) is 0. The number of hydrogen-bond donors (Lipinski definition) is 2. The van der Waals surface area contributed by atoms with Crippen molar-refractivity contribution < 1.29 is 13.9 Å². The van der Waals surface area contributed by atoms with Crippen LogP contribution in [0.15, 0.2) is 40.8 Å². The number of furan rings is 1. The maximum absolute atomic E-state index is 14.4. The second-order valence-corrected chi connectivity index (χ2v) is 5.79. The molecule has 0 aliphatic rings. The topological polar surface area (TPSA) is 112 Å². The van der Waals surface area contributed by atoms with Crippen molar-refractivity contribution in [1.29, 1.82) is 5.26 Å². The smallest absolute Gasteiger partial charge is 0.239 e. The van der Waals surface area contributed by atoms with Crippen LogP contribution in [0, 0.1) is 17.1 Å². The number of benzene rings is 2. The lowest BCUT2D eigenvalue weighted by Crippen LogP contribution is -1.95. The number of nitriles is 1. The van der Waals surface area contributed by atoms with Crippen molar-refractivity contribution in [3.63, 3.8) is 0 Å². The molecule has 26 heavy (non-hydrogen) atoms. The third-order valence-corrected chi connectivity index (χ3v) is 4.12. The number of hydrogen-bond acceptors (Lipinski definition) is 6. The molecule has 0 unspecified atom stereocenters. The number of fused-ring (bicyclic) bond motifs is 1. The highest BCUT2D eigenvalue weighted by molar-refractivity contribution is 5.82. The summed E-state index contributed by atoms with van der Waals surface area (Å²) in [7, 11) is 0.